The van der Waals surface area contributed by atoms with Crippen molar-refractivity contribution in [3.8, 4) is 22.6 Å². The van der Waals surface area contributed by atoms with E-state index in [1.165, 1.54) is 22.9 Å². The van der Waals surface area contributed by atoms with Crippen molar-refractivity contribution in [1.82, 2.24) is 15.0 Å². The quantitative estimate of drug-likeness (QED) is 0.0970. The number of guanidine groups is 1. The molecule has 0 saturated carbocycles. The van der Waals surface area contributed by atoms with Crippen LogP contribution >= 0.6 is 0 Å². The van der Waals surface area contributed by atoms with Gasteiger partial charge >= 0.3 is 0 Å². The zero-order valence-corrected chi connectivity index (χ0v) is 24.4. The largest absolute Gasteiger partial charge is 0.493 e. The summed E-state index contributed by atoms with van der Waals surface area (Å²) in [5.74, 6) is 1.15. The molecule has 1 heterocycles. The fraction of sp³-hybridized carbons (Fsp3) is 0.312. The molecule has 5 N–H and O–H groups in total. The molecule has 3 aromatic carbocycles. The number of ether oxygens (including phenoxy) is 2. The van der Waals surface area contributed by atoms with Gasteiger partial charge in [-0.1, -0.05) is 61.5 Å². The number of amides is 1. The Hall–Kier alpha value is -4.93. The third-order valence-corrected chi connectivity index (χ3v) is 6.59. The van der Waals surface area contributed by atoms with Gasteiger partial charge in [-0.25, -0.2) is 9.07 Å². The standard InChI is InChI=1S/C32H38FN7O3/c1-22(2)16-18-42-29-14-5-3-11-26(29)27-12-4-6-15-30(27)43-21-25-20-40(39-38-25)28(13-8-17-36-32(34)35)31(41)37-24-10-7-9-23(33)19-24/h3-7,9-12,14-15,19-20,22,28H,8,13,16-18,21H2,1-2H3,(H,37,41)(H4,34,35,36)/t28-/m1/s1. The lowest BCUT2D eigenvalue weighted by Crippen LogP contribution is -2.27. The van der Waals surface area contributed by atoms with E-state index < -0.39 is 11.9 Å². The van der Waals surface area contributed by atoms with Gasteiger partial charge in [-0.3, -0.25) is 9.79 Å². The fourth-order valence-electron chi connectivity index (χ4n) is 4.39. The van der Waals surface area contributed by atoms with Crippen LogP contribution in [0.5, 0.6) is 11.5 Å². The summed E-state index contributed by atoms with van der Waals surface area (Å²) < 4.78 is 27.5. The lowest BCUT2D eigenvalue weighted by Gasteiger charge is -2.16. The van der Waals surface area contributed by atoms with Gasteiger partial charge in [0.25, 0.3) is 0 Å². The number of para-hydroxylation sites is 2. The molecule has 0 aliphatic carbocycles. The first kappa shape index (κ1) is 31.0. The number of rotatable bonds is 15. The van der Waals surface area contributed by atoms with Crippen molar-refractivity contribution in [2.24, 2.45) is 22.4 Å². The molecule has 1 amide bonds. The van der Waals surface area contributed by atoms with E-state index in [0.29, 0.717) is 49.0 Å². The highest BCUT2D eigenvalue weighted by atomic mass is 19.1. The Bertz CT molecular complexity index is 1520. The van der Waals surface area contributed by atoms with E-state index in [0.717, 1.165) is 23.3 Å². The molecule has 0 saturated heterocycles. The minimum Gasteiger partial charge on any atom is -0.493 e. The first-order chi connectivity index (χ1) is 20.8. The van der Waals surface area contributed by atoms with Crippen molar-refractivity contribution in [2.75, 3.05) is 18.5 Å². The smallest absolute Gasteiger partial charge is 0.249 e. The lowest BCUT2D eigenvalue weighted by atomic mass is 10.0. The molecule has 0 spiro atoms. The second-order valence-corrected chi connectivity index (χ2v) is 10.5. The predicted molar refractivity (Wildman–Crippen MR) is 165 cm³/mol. The van der Waals surface area contributed by atoms with Gasteiger partial charge in [-0.05, 0) is 55.5 Å². The Labute approximate surface area is 250 Å². The van der Waals surface area contributed by atoms with E-state index in [4.69, 9.17) is 20.9 Å². The molecule has 1 atom stereocenters. The average Bonchev–Trinajstić information content (AvgIpc) is 3.45. The molecule has 4 aromatic rings. The minimum atomic E-state index is -0.735. The van der Waals surface area contributed by atoms with E-state index in [2.05, 4.69) is 34.5 Å². The third kappa shape index (κ3) is 9.29. The number of hydrogen-bond acceptors (Lipinski definition) is 6. The molecule has 0 aliphatic heterocycles. The van der Waals surface area contributed by atoms with Crippen molar-refractivity contribution >= 4 is 17.6 Å². The third-order valence-electron chi connectivity index (χ3n) is 6.59. The van der Waals surface area contributed by atoms with Crippen LogP contribution in [-0.4, -0.2) is 40.0 Å². The lowest BCUT2D eigenvalue weighted by molar-refractivity contribution is -0.119. The number of nitrogens with one attached hydrogen (secondary N) is 1. The van der Waals surface area contributed by atoms with Crippen LogP contribution in [0.4, 0.5) is 10.1 Å². The first-order valence-corrected chi connectivity index (χ1v) is 14.3. The van der Waals surface area contributed by atoms with Gasteiger partial charge in [0.15, 0.2) is 5.96 Å². The first-order valence-electron chi connectivity index (χ1n) is 14.3. The summed E-state index contributed by atoms with van der Waals surface area (Å²) in [5, 5.41) is 11.2. The number of carbonyl (C=O) groups is 1. The number of anilines is 1. The summed E-state index contributed by atoms with van der Waals surface area (Å²) in [5.41, 5.74) is 13.6. The normalized spacial score (nSPS) is 11.6. The zero-order chi connectivity index (χ0) is 30.6. The maximum atomic E-state index is 13.7. The van der Waals surface area contributed by atoms with Crippen LogP contribution in [0.15, 0.2) is 84.0 Å². The number of aliphatic imine (C=N–C) groups is 1. The molecule has 43 heavy (non-hydrogen) atoms. The Morgan fingerprint density at radius 1 is 0.977 bits per heavy atom. The molecule has 1 aromatic heterocycles. The van der Waals surface area contributed by atoms with Crippen LogP contribution in [0.2, 0.25) is 0 Å². The number of halogens is 1. The number of hydrogen-bond donors (Lipinski definition) is 3. The molecule has 0 unspecified atom stereocenters. The molecule has 0 bridgehead atoms. The number of carbonyl (C=O) groups excluding carboxylic acids is 1. The van der Waals surface area contributed by atoms with E-state index >= 15 is 0 Å². The predicted octanol–water partition coefficient (Wildman–Crippen LogP) is 5.32. The summed E-state index contributed by atoms with van der Waals surface area (Å²) in [7, 11) is 0. The molecule has 0 radical (unpaired) electrons. The van der Waals surface area contributed by atoms with Crippen molar-refractivity contribution in [3.63, 3.8) is 0 Å². The highest BCUT2D eigenvalue weighted by molar-refractivity contribution is 5.93. The Morgan fingerprint density at radius 3 is 2.35 bits per heavy atom. The van der Waals surface area contributed by atoms with E-state index in [-0.39, 0.29) is 18.5 Å². The molecule has 226 valence electrons. The van der Waals surface area contributed by atoms with Crippen molar-refractivity contribution in [1.29, 1.82) is 0 Å². The summed E-state index contributed by atoms with van der Waals surface area (Å²) in [6, 6.07) is 20.6. The average molecular weight is 588 g/mol. The summed E-state index contributed by atoms with van der Waals surface area (Å²) >= 11 is 0. The maximum absolute atomic E-state index is 13.7. The van der Waals surface area contributed by atoms with Gasteiger partial charge in [-0.15, -0.1) is 5.10 Å². The monoisotopic (exact) mass is 587 g/mol. The van der Waals surface area contributed by atoms with Crippen LogP contribution in [0.1, 0.15) is 44.8 Å². The zero-order valence-electron chi connectivity index (χ0n) is 24.4. The maximum Gasteiger partial charge on any atom is 0.249 e. The topological polar surface area (TPSA) is 143 Å². The van der Waals surface area contributed by atoms with Crippen molar-refractivity contribution < 1.29 is 18.7 Å². The minimum absolute atomic E-state index is 0.0222. The highest BCUT2D eigenvalue weighted by Crippen LogP contribution is 2.36. The van der Waals surface area contributed by atoms with Crippen molar-refractivity contribution in [3.05, 3.63) is 90.5 Å². The van der Waals surface area contributed by atoms with Gasteiger partial charge in [0, 0.05) is 23.4 Å². The van der Waals surface area contributed by atoms with Crippen LogP contribution in [0.25, 0.3) is 11.1 Å². The van der Waals surface area contributed by atoms with Crippen LogP contribution in [-0.2, 0) is 11.4 Å². The molecule has 11 heteroatoms. The van der Waals surface area contributed by atoms with Gasteiger partial charge in [-0.2, -0.15) is 0 Å². The Kier molecular flexibility index (Phi) is 11.1. The molecular weight excluding hydrogens is 549 g/mol. The van der Waals surface area contributed by atoms with E-state index in [9.17, 15) is 9.18 Å². The molecule has 4 rings (SSSR count). The van der Waals surface area contributed by atoms with Gasteiger partial charge in [0.1, 0.15) is 35.7 Å². The summed E-state index contributed by atoms with van der Waals surface area (Å²) in [6.45, 7) is 5.43. The number of benzene rings is 3. The van der Waals surface area contributed by atoms with E-state index in [1.54, 1.807) is 12.3 Å². The molecule has 0 fully saturated rings. The highest BCUT2D eigenvalue weighted by Gasteiger charge is 2.23. The number of nitrogens with zero attached hydrogens (tertiary/aromatic N) is 4. The fourth-order valence-corrected chi connectivity index (χ4v) is 4.39. The van der Waals surface area contributed by atoms with Gasteiger partial charge in [0.2, 0.25) is 5.91 Å². The number of aromatic nitrogens is 3. The van der Waals surface area contributed by atoms with Crippen LogP contribution in [0.3, 0.4) is 0 Å². The Balaban J connectivity index is 1.48. The SMILES string of the molecule is CC(C)CCOc1ccccc1-c1ccccc1OCc1cn([C@H](CCCN=C(N)N)C(=O)Nc2cccc(F)c2)nn1. The molecule has 10 nitrogen and oxygen atoms in total. The van der Waals surface area contributed by atoms with E-state index in [1.807, 2.05) is 48.5 Å². The number of nitrogens with two attached hydrogens (primary N) is 2. The van der Waals surface area contributed by atoms with Crippen LogP contribution in [0, 0.1) is 11.7 Å². The van der Waals surface area contributed by atoms with Gasteiger partial charge < -0.3 is 26.3 Å². The second kappa shape index (κ2) is 15.3. The molecular formula is C32H38FN7O3. The Morgan fingerprint density at radius 2 is 1.67 bits per heavy atom. The van der Waals surface area contributed by atoms with Gasteiger partial charge in [0.05, 0.1) is 12.8 Å². The second-order valence-electron chi connectivity index (χ2n) is 10.5. The van der Waals surface area contributed by atoms with Crippen molar-refractivity contribution in [2.45, 2.75) is 45.8 Å². The van der Waals surface area contributed by atoms with Crippen LogP contribution < -0.4 is 26.3 Å². The molecule has 0 aliphatic rings. The summed E-state index contributed by atoms with van der Waals surface area (Å²) in [6.07, 6.45) is 3.51. The summed E-state index contributed by atoms with van der Waals surface area (Å²) in [4.78, 5) is 17.2.